The first-order valence-corrected chi connectivity index (χ1v) is 9.41. The highest BCUT2D eigenvalue weighted by molar-refractivity contribution is 6.31. The molecule has 9 heteroatoms. The van der Waals surface area contributed by atoms with Crippen molar-refractivity contribution >= 4 is 17.5 Å². The Morgan fingerprint density at radius 3 is 2.35 bits per heavy atom. The molecule has 0 saturated heterocycles. The van der Waals surface area contributed by atoms with E-state index in [2.05, 4.69) is 10.3 Å². The average molecular weight is 455 g/mol. The maximum Gasteiger partial charge on any atom is 0.417 e. The van der Waals surface area contributed by atoms with Gasteiger partial charge in [0.1, 0.15) is 5.82 Å². The van der Waals surface area contributed by atoms with Crippen molar-refractivity contribution in [1.29, 1.82) is 0 Å². The molecule has 162 valence electrons. The van der Waals surface area contributed by atoms with E-state index in [4.69, 9.17) is 11.6 Å². The number of alkyl halides is 4. The highest BCUT2D eigenvalue weighted by Gasteiger charge is 2.36. The van der Waals surface area contributed by atoms with Crippen molar-refractivity contribution < 1.29 is 26.7 Å². The zero-order valence-electron chi connectivity index (χ0n) is 16.1. The molecule has 31 heavy (non-hydrogen) atoms. The van der Waals surface area contributed by atoms with Crippen LogP contribution in [0.4, 0.5) is 22.0 Å². The van der Waals surface area contributed by atoms with Gasteiger partial charge in [-0.3, -0.25) is 9.78 Å². The lowest BCUT2D eigenvalue weighted by Crippen LogP contribution is -2.36. The monoisotopic (exact) mass is 454 g/mol. The second-order valence-corrected chi connectivity index (χ2v) is 7.42. The van der Waals surface area contributed by atoms with Gasteiger partial charge in [0.15, 0.2) is 5.67 Å². The summed E-state index contributed by atoms with van der Waals surface area (Å²) in [6.07, 6.45) is -2.27. The lowest BCUT2D eigenvalue weighted by atomic mass is 9.95. The Kier molecular flexibility index (Phi) is 6.31. The lowest BCUT2D eigenvalue weighted by Gasteiger charge is -2.23. The van der Waals surface area contributed by atoms with Crippen LogP contribution in [0.5, 0.6) is 0 Å². The Hall–Kier alpha value is -3.00. The number of halogens is 6. The van der Waals surface area contributed by atoms with Crippen molar-refractivity contribution in [2.24, 2.45) is 0 Å². The van der Waals surface area contributed by atoms with Crippen molar-refractivity contribution in [3.05, 3.63) is 88.5 Å². The van der Waals surface area contributed by atoms with Gasteiger partial charge in [-0.25, -0.2) is 8.78 Å². The number of nitrogens with zero attached hydrogens (tertiary/aromatic N) is 1. The summed E-state index contributed by atoms with van der Waals surface area (Å²) in [6, 6.07) is 9.79. The van der Waals surface area contributed by atoms with Gasteiger partial charge in [0, 0.05) is 22.3 Å². The second-order valence-electron chi connectivity index (χ2n) is 7.01. The van der Waals surface area contributed by atoms with Gasteiger partial charge in [-0.2, -0.15) is 13.2 Å². The summed E-state index contributed by atoms with van der Waals surface area (Å²) in [4.78, 5) is 16.0. The molecule has 0 bridgehead atoms. The summed E-state index contributed by atoms with van der Waals surface area (Å²) < 4.78 is 68.0. The molecule has 0 radical (unpaired) electrons. The summed E-state index contributed by atoms with van der Waals surface area (Å²) in [5.74, 6) is -1.61. The van der Waals surface area contributed by atoms with Crippen LogP contribution in [0, 0.1) is 5.82 Å². The van der Waals surface area contributed by atoms with Crippen LogP contribution in [0.2, 0.25) is 5.02 Å². The molecule has 3 nitrogen and oxygen atoms in total. The van der Waals surface area contributed by atoms with Crippen LogP contribution in [0.15, 0.2) is 60.9 Å². The molecule has 1 amide bonds. The summed E-state index contributed by atoms with van der Waals surface area (Å²) in [7, 11) is 0. The molecular weight excluding hydrogens is 439 g/mol. The average Bonchev–Trinajstić information content (AvgIpc) is 2.71. The number of pyridine rings is 1. The number of rotatable bonds is 5. The number of benzene rings is 2. The molecule has 0 aliphatic carbocycles. The van der Waals surface area contributed by atoms with Crippen LogP contribution < -0.4 is 5.32 Å². The summed E-state index contributed by atoms with van der Waals surface area (Å²) in [5.41, 5.74) is -2.94. The highest BCUT2D eigenvalue weighted by Crippen LogP contribution is 2.35. The maximum atomic E-state index is 15.3. The molecule has 1 aromatic heterocycles. The van der Waals surface area contributed by atoms with E-state index in [1.165, 1.54) is 36.5 Å². The van der Waals surface area contributed by atoms with Crippen LogP contribution >= 0.6 is 11.6 Å². The van der Waals surface area contributed by atoms with Crippen molar-refractivity contribution in [2.75, 3.05) is 6.54 Å². The van der Waals surface area contributed by atoms with Gasteiger partial charge in [-0.05, 0) is 36.8 Å². The zero-order chi connectivity index (χ0) is 22.8. The minimum Gasteiger partial charge on any atom is -0.348 e. The van der Waals surface area contributed by atoms with Crippen molar-refractivity contribution in [2.45, 2.75) is 18.8 Å². The topological polar surface area (TPSA) is 42.0 Å². The van der Waals surface area contributed by atoms with Gasteiger partial charge in [-0.15, -0.1) is 0 Å². The Morgan fingerprint density at radius 2 is 1.71 bits per heavy atom. The van der Waals surface area contributed by atoms with Crippen LogP contribution in [0.3, 0.4) is 0 Å². The quantitative estimate of drug-likeness (QED) is 0.468. The molecule has 1 atom stereocenters. The Labute approximate surface area is 179 Å². The SMILES string of the molecule is CC(F)(CNC(=O)c1ccccc1C(F)(F)F)c1ccc(-c2cncc(F)c2)cc1Cl. The van der Waals surface area contributed by atoms with Crippen LogP contribution in [0.1, 0.15) is 28.4 Å². The van der Waals surface area contributed by atoms with Crippen molar-refractivity contribution in [3.63, 3.8) is 0 Å². The standard InChI is InChI=1S/C22H16ClF5N2O/c1-21(25,12-30-20(31)16-4-2-3-5-17(16)22(26,27)28)18-7-6-13(9-19(18)23)14-8-15(24)11-29-10-14/h2-11H,12H2,1H3,(H,30,31). The van der Waals surface area contributed by atoms with Gasteiger partial charge in [0.25, 0.3) is 5.91 Å². The molecule has 0 saturated carbocycles. The van der Waals surface area contributed by atoms with E-state index in [9.17, 15) is 22.4 Å². The minimum absolute atomic E-state index is 0.0108. The molecule has 1 unspecified atom stereocenters. The Bertz CT molecular complexity index is 1120. The number of nitrogens with one attached hydrogen (secondary N) is 1. The van der Waals surface area contributed by atoms with Crippen LogP contribution in [-0.2, 0) is 11.8 Å². The smallest absolute Gasteiger partial charge is 0.348 e. The minimum atomic E-state index is -4.72. The molecule has 0 fully saturated rings. The number of hydrogen-bond acceptors (Lipinski definition) is 2. The van der Waals surface area contributed by atoms with Gasteiger partial charge in [0.05, 0.1) is 23.9 Å². The first kappa shape index (κ1) is 22.7. The van der Waals surface area contributed by atoms with E-state index in [0.29, 0.717) is 11.1 Å². The summed E-state index contributed by atoms with van der Waals surface area (Å²) in [6.45, 7) is 0.534. The molecule has 0 spiro atoms. The third-order valence-corrected chi connectivity index (χ3v) is 4.94. The van der Waals surface area contributed by atoms with E-state index in [1.807, 2.05) is 0 Å². The molecule has 3 rings (SSSR count). The van der Waals surface area contributed by atoms with Crippen molar-refractivity contribution in [1.82, 2.24) is 10.3 Å². The molecule has 0 aliphatic rings. The third kappa shape index (κ3) is 5.19. The lowest BCUT2D eigenvalue weighted by molar-refractivity contribution is -0.137. The highest BCUT2D eigenvalue weighted by atomic mass is 35.5. The predicted molar refractivity (Wildman–Crippen MR) is 107 cm³/mol. The van der Waals surface area contributed by atoms with Crippen LogP contribution in [-0.4, -0.2) is 17.4 Å². The summed E-state index contributed by atoms with van der Waals surface area (Å²) in [5, 5.41) is 2.21. The normalized spacial score (nSPS) is 13.5. The third-order valence-electron chi connectivity index (χ3n) is 4.63. The molecule has 0 aliphatic heterocycles. The first-order chi connectivity index (χ1) is 14.5. The van der Waals surface area contributed by atoms with E-state index in [0.717, 1.165) is 31.3 Å². The Balaban J connectivity index is 1.79. The molecular formula is C22H16ClF5N2O. The number of carbonyl (C=O) groups excluding carboxylic acids is 1. The molecule has 1 heterocycles. The fraction of sp³-hybridized carbons (Fsp3) is 0.182. The van der Waals surface area contributed by atoms with E-state index >= 15 is 4.39 Å². The van der Waals surface area contributed by atoms with Gasteiger partial charge >= 0.3 is 6.18 Å². The van der Waals surface area contributed by atoms with Gasteiger partial charge in [-0.1, -0.05) is 35.9 Å². The second kappa shape index (κ2) is 8.63. The number of hydrogen-bond donors (Lipinski definition) is 1. The molecule has 2 aromatic carbocycles. The van der Waals surface area contributed by atoms with Crippen LogP contribution in [0.25, 0.3) is 11.1 Å². The fourth-order valence-electron chi connectivity index (χ4n) is 3.05. The van der Waals surface area contributed by atoms with Gasteiger partial charge in [0.2, 0.25) is 0 Å². The zero-order valence-corrected chi connectivity index (χ0v) is 16.9. The predicted octanol–water partition coefficient (Wildman–Crippen LogP) is 6.17. The maximum absolute atomic E-state index is 15.3. The Morgan fingerprint density at radius 1 is 1.00 bits per heavy atom. The van der Waals surface area contributed by atoms with Gasteiger partial charge < -0.3 is 5.32 Å². The van der Waals surface area contributed by atoms with E-state index in [1.54, 1.807) is 0 Å². The summed E-state index contributed by atoms with van der Waals surface area (Å²) >= 11 is 6.21. The number of carbonyl (C=O) groups is 1. The largest absolute Gasteiger partial charge is 0.417 e. The number of amides is 1. The van der Waals surface area contributed by atoms with E-state index < -0.39 is 41.2 Å². The van der Waals surface area contributed by atoms with Crippen molar-refractivity contribution in [3.8, 4) is 11.1 Å². The molecule has 1 N–H and O–H groups in total. The number of aromatic nitrogens is 1. The fourth-order valence-corrected chi connectivity index (χ4v) is 3.43. The van der Waals surface area contributed by atoms with E-state index in [-0.39, 0.29) is 10.6 Å². The molecule has 3 aromatic rings. The first-order valence-electron chi connectivity index (χ1n) is 9.03.